The highest BCUT2D eigenvalue weighted by molar-refractivity contribution is 6.09. The molecule has 0 radical (unpaired) electrons. The molecule has 0 aliphatic rings. The smallest absolute Gasteiger partial charge is 0.317 e. The van der Waals surface area contributed by atoms with Crippen LogP contribution in [-0.4, -0.2) is 18.4 Å². The minimum Gasteiger partial charge on any atom is -0.465 e. The molecule has 0 spiro atoms. The largest absolute Gasteiger partial charge is 0.465 e. The summed E-state index contributed by atoms with van der Waals surface area (Å²) in [7, 11) is 0. The first-order valence-electron chi connectivity index (χ1n) is 6.00. The Hall–Kier alpha value is -1.90. The van der Waals surface area contributed by atoms with Gasteiger partial charge in [-0.2, -0.15) is 0 Å². The van der Waals surface area contributed by atoms with Crippen LogP contribution in [0, 0.1) is 11.8 Å². The molecule has 0 aliphatic heterocycles. The van der Waals surface area contributed by atoms with Crippen LogP contribution in [-0.2, 0) is 9.53 Å². The average molecular weight is 246 g/mol. The lowest BCUT2D eigenvalue weighted by Crippen LogP contribution is -2.31. The molecule has 0 saturated heterocycles. The number of ether oxygens (including phenoxy) is 1. The maximum Gasteiger partial charge on any atom is 0.317 e. The summed E-state index contributed by atoms with van der Waals surface area (Å²) in [6.07, 6.45) is 1.60. The SMILES string of the molecule is C=CC(C)C(C(=O)OCC)C(=O)c1ccccc1. The van der Waals surface area contributed by atoms with E-state index in [0.717, 1.165) is 0 Å². The summed E-state index contributed by atoms with van der Waals surface area (Å²) in [5.74, 6) is -1.78. The molecule has 0 aliphatic carbocycles. The first kappa shape index (κ1) is 14.2. The van der Waals surface area contributed by atoms with Gasteiger partial charge in [0, 0.05) is 5.56 Å². The van der Waals surface area contributed by atoms with E-state index < -0.39 is 11.9 Å². The molecule has 0 heterocycles. The van der Waals surface area contributed by atoms with E-state index in [1.807, 2.05) is 6.07 Å². The number of benzene rings is 1. The lowest BCUT2D eigenvalue weighted by atomic mass is 9.87. The van der Waals surface area contributed by atoms with Gasteiger partial charge < -0.3 is 4.74 Å². The highest BCUT2D eigenvalue weighted by Crippen LogP contribution is 2.20. The number of carbonyl (C=O) groups excluding carboxylic acids is 2. The Kier molecular flexibility index (Phi) is 5.31. The Morgan fingerprint density at radius 1 is 1.33 bits per heavy atom. The van der Waals surface area contributed by atoms with Crippen molar-refractivity contribution in [2.45, 2.75) is 13.8 Å². The Morgan fingerprint density at radius 2 is 1.94 bits per heavy atom. The number of rotatable bonds is 6. The highest BCUT2D eigenvalue weighted by atomic mass is 16.5. The van der Waals surface area contributed by atoms with Crippen LogP contribution in [0.25, 0.3) is 0 Å². The number of hydrogen-bond acceptors (Lipinski definition) is 3. The molecule has 0 bridgehead atoms. The Bertz CT molecular complexity index is 423. The van der Waals surface area contributed by atoms with Gasteiger partial charge in [-0.25, -0.2) is 0 Å². The van der Waals surface area contributed by atoms with Gasteiger partial charge in [-0.3, -0.25) is 9.59 Å². The maximum atomic E-state index is 12.3. The molecule has 1 rings (SSSR count). The molecule has 2 unspecified atom stereocenters. The fourth-order valence-corrected chi connectivity index (χ4v) is 1.71. The van der Waals surface area contributed by atoms with Crippen LogP contribution in [0.4, 0.5) is 0 Å². The van der Waals surface area contributed by atoms with Gasteiger partial charge in [-0.1, -0.05) is 43.3 Å². The molecule has 0 saturated carbocycles. The third-order valence-electron chi connectivity index (χ3n) is 2.78. The van der Waals surface area contributed by atoms with Crippen LogP contribution in [0.3, 0.4) is 0 Å². The van der Waals surface area contributed by atoms with Gasteiger partial charge >= 0.3 is 5.97 Å². The lowest BCUT2D eigenvalue weighted by molar-refractivity contribution is -0.147. The van der Waals surface area contributed by atoms with E-state index in [2.05, 4.69) is 6.58 Å². The van der Waals surface area contributed by atoms with Crippen LogP contribution < -0.4 is 0 Å². The Morgan fingerprint density at radius 3 is 2.44 bits per heavy atom. The molecule has 0 aromatic heterocycles. The van der Waals surface area contributed by atoms with Crippen molar-refractivity contribution in [2.75, 3.05) is 6.61 Å². The number of carbonyl (C=O) groups is 2. The predicted octanol–water partition coefficient (Wildman–Crippen LogP) is 2.87. The summed E-state index contributed by atoms with van der Waals surface area (Å²) in [5.41, 5.74) is 0.518. The minimum absolute atomic E-state index is 0.221. The number of esters is 1. The summed E-state index contributed by atoms with van der Waals surface area (Å²) in [4.78, 5) is 24.2. The number of allylic oxidation sites excluding steroid dienone is 1. The second-order valence-corrected chi connectivity index (χ2v) is 4.05. The van der Waals surface area contributed by atoms with Crippen molar-refractivity contribution in [1.82, 2.24) is 0 Å². The van der Waals surface area contributed by atoms with Crippen molar-refractivity contribution in [1.29, 1.82) is 0 Å². The van der Waals surface area contributed by atoms with Gasteiger partial charge in [0.05, 0.1) is 6.61 Å². The number of Topliss-reactive ketones (excluding diaryl/α,β-unsaturated/α-hetero) is 1. The molecule has 0 amide bonds. The van der Waals surface area contributed by atoms with E-state index in [1.54, 1.807) is 44.2 Å². The van der Waals surface area contributed by atoms with Crippen LogP contribution in [0.2, 0.25) is 0 Å². The van der Waals surface area contributed by atoms with E-state index in [4.69, 9.17) is 4.74 Å². The van der Waals surface area contributed by atoms with Crippen LogP contribution in [0.15, 0.2) is 43.0 Å². The Balaban J connectivity index is 3.00. The number of ketones is 1. The zero-order valence-corrected chi connectivity index (χ0v) is 10.8. The fraction of sp³-hybridized carbons (Fsp3) is 0.333. The highest BCUT2D eigenvalue weighted by Gasteiger charge is 2.32. The second kappa shape index (κ2) is 6.74. The van der Waals surface area contributed by atoms with Crippen molar-refractivity contribution in [3.63, 3.8) is 0 Å². The zero-order valence-electron chi connectivity index (χ0n) is 10.8. The maximum absolute atomic E-state index is 12.3. The van der Waals surface area contributed by atoms with Gasteiger partial charge in [0.1, 0.15) is 5.92 Å². The molecule has 96 valence electrons. The molecule has 0 N–H and O–H groups in total. The van der Waals surface area contributed by atoms with Gasteiger partial charge in [0.2, 0.25) is 0 Å². The van der Waals surface area contributed by atoms with Crippen molar-refractivity contribution in [3.8, 4) is 0 Å². The average Bonchev–Trinajstić information content (AvgIpc) is 2.40. The molecular formula is C15H18O3. The third kappa shape index (κ3) is 3.29. The van der Waals surface area contributed by atoms with E-state index in [1.165, 1.54) is 0 Å². The van der Waals surface area contributed by atoms with Crippen molar-refractivity contribution in [3.05, 3.63) is 48.6 Å². The topological polar surface area (TPSA) is 43.4 Å². The monoisotopic (exact) mass is 246 g/mol. The van der Waals surface area contributed by atoms with Gasteiger partial charge in [0.15, 0.2) is 5.78 Å². The van der Waals surface area contributed by atoms with E-state index in [-0.39, 0.29) is 18.3 Å². The number of hydrogen-bond donors (Lipinski definition) is 0. The summed E-state index contributed by atoms with van der Waals surface area (Å²) in [5, 5.41) is 0. The molecular weight excluding hydrogens is 228 g/mol. The quantitative estimate of drug-likeness (QED) is 0.335. The molecule has 0 fully saturated rings. The first-order chi connectivity index (χ1) is 8.61. The predicted molar refractivity (Wildman–Crippen MR) is 70.3 cm³/mol. The molecule has 1 aromatic carbocycles. The molecule has 1 aromatic rings. The van der Waals surface area contributed by atoms with Gasteiger partial charge in [-0.05, 0) is 12.8 Å². The van der Waals surface area contributed by atoms with Gasteiger partial charge in [0.25, 0.3) is 0 Å². The third-order valence-corrected chi connectivity index (χ3v) is 2.78. The summed E-state index contributed by atoms with van der Waals surface area (Å²) in [6.45, 7) is 7.42. The Labute approximate surface area is 107 Å². The standard InChI is InChI=1S/C15H18O3/c1-4-11(3)13(15(17)18-5-2)14(16)12-9-7-6-8-10-12/h4,6-11,13H,1,5H2,2-3H3. The summed E-state index contributed by atoms with van der Waals surface area (Å²) < 4.78 is 4.96. The zero-order chi connectivity index (χ0) is 13.5. The van der Waals surface area contributed by atoms with Crippen LogP contribution in [0.5, 0.6) is 0 Å². The van der Waals surface area contributed by atoms with Crippen LogP contribution in [0.1, 0.15) is 24.2 Å². The molecule has 2 atom stereocenters. The van der Waals surface area contributed by atoms with Crippen molar-refractivity contribution >= 4 is 11.8 Å². The van der Waals surface area contributed by atoms with E-state index in [0.29, 0.717) is 5.56 Å². The van der Waals surface area contributed by atoms with Crippen LogP contribution >= 0.6 is 0 Å². The van der Waals surface area contributed by atoms with E-state index >= 15 is 0 Å². The minimum atomic E-state index is -0.815. The fourth-order valence-electron chi connectivity index (χ4n) is 1.71. The second-order valence-electron chi connectivity index (χ2n) is 4.05. The summed E-state index contributed by atoms with van der Waals surface area (Å²) in [6, 6.07) is 8.77. The molecule has 3 nitrogen and oxygen atoms in total. The molecule has 18 heavy (non-hydrogen) atoms. The van der Waals surface area contributed by atoms with E-state index in [9.17, 15) is 9.59 Å². The normalized spacial score (nSPS) is 13.4. The van der Waals surface area contributed by atoms with Gasteiger partial charge in [-0.15, -0.1) is 6.58 Å². The van der Waals surface area contributed by atoms with Crippen molar-refractivity contribution in [2.24, 2.45) is 11.8 Å². The first-order valence-corrected chi connectivity index (χ1v) is 6.00. The summed E-state index contributed by atoms with van der Waals surface area (Å²) >= 11 is 0. The molecule has 3 heteroatoms. The lowest BCUT2D eigenvalue weighted by Gasteiger charge is -2.18. The van der Waals surface area contributed by atoms with Crippen molar-refractivity contribution < 1.29 is 14.3 Å².